The van der Waals surface area contributed by atoms with Gasteiger partial charge >= 0.3 is 0 Å². The van der Waals surface area contributed by atoms with E-state index in [1.54, 1.807) is 14.2 Å². The van der Waals surface area contributed by atoms with E-state index in [2.05, 4.69) is 84.4 Å². The molecule has 1 aliphatic heterocycles. The third-order valence-electron chi connectivity index (χ3n) is 9.45. The van der Waals surface area contributed by atoms with Crippen LogP contribution in [0.3, 0.4) is 0 Å². The second-order valence-corrected chi connectivity index (χ2v) is 13.3. The number of aryl methyl sites for hydroxylation is 1. The van der Waals surface area contributed by atoms with Gasteiger partial charge in [-0.2, -0.15) is 0 Å². The van der Waals surface area contributed by atoms with Crippen molar-refractivity contribution in [3.8, 4) is 39.6 Å². The maximum absolute atomic E-state index is 6.37. The van der Waals surface area contributed by atoms with Gasteiger partial charge in [0.15, 0.2) is 6.29 Å². The Morgan fingerprint density at radius 3 is 2.40 bits per heavy atom. The number of likely N-dealkylation sites (N-methyl/N-ethyl adjacent to an activating group) is 2. The third-order valence-corrected chi connectivity index (χ3v) is 9.45. The number of hydrogen-bond donors (Lipinski definition) is 1. The largest absolute Gasteiger partial charge is 0.497 e. The highest BCUT2D eigenvalue weighted by atomic mass is 16.7. The standard InChI is InChI=1S/C42H46N6O5/c1-46(2)19-20-47(3)30-14-17-36(39(24-30)50-6)44-42-43-25-34(40(45-42)35-26-48(4)37-10-8-7-9-32(35)37)29-13-18-38(33(23-29)41-51-21-22-52-41)53-27-28-11-15-31(49-5)16-12-28/h7-18,23-26,41H,19-22,27H2,1-6H3,(H,43,44,45). The van der Waals surface area contributed by atoms with E-state index in [4.69, 9.17) is 33.7 Å². The molecule has 1 saturated heterocycles. The summed E-state index contributed by atoms with van der Waals surface area (Å²) in [6, 6.07) is 28.4. The Kier molecular flexibility index (Phi) is 10.8. The van der Waals surface area contributed by atoms with Crippen LogP contribution in [0.25, 0.3) is 33.3 Å². The van der Waals surface area contributed by atoms with E-state index in [0.717, 1.165) is 74.6 Å². The first-order valence-corrected chi connectivity index (χ1v) is 17.7. The molecule has 0 unspecified atom stereocenters. The first-order chi connectivity index (χ1) is 25.8. The zero-order chi connectivity index (χ0) is 36.9. The summed E-state index contributed by atoms with van der Waals surface area (Å²) < 4.78 is 31.6. The van der Waals surface area contributed by atoms with Crippen LogP contribution in [-0.2, 0) is 23.1 Å². The van der Waals surface area contributed by atoms with Gasteiger partial charge in [-0.05, 0) is 67.7 Å². The van der Waals surface area contributed by atoms with Crippen molar-refractivity contribution in [1.82, 2.24) is 19.4 Å². The van der Waals surface area contributed by atoms with Crippen molar-refractivity contribution in [2.45, 2.75) is 12.9 Å². The number of nitrogens with zero attached hydrogens (tertiary/aromatic N) is 5. The summed E-state index contributed by atoms with van der Waals surface area (Å²) in [7, 11) is 11.6. The van der Waals surface area contributed by atoms with Gasteiger partial charge in [0.1, 0.15) is 23.9 Å². The molecule has 0 atom stereocenters. The molecule has 0 saturated carbocycles. The van der Waals surface area contributed by atoms with Crippen molar-refractivity contribution in [1.29, 1.82) is 0 Å². The molecule has 0 bridgehead atoms. The molecule has 0 aliphatic carbocycles. The number of hydrogen-bond acceptors (Lipinski definition) is 10. The molecule has 4 aromatic carbocycles. The summed E-state index contributed by atoms with van der Waals surface area (Å²) in [4.78, 5) is 14.4. The lowest BCUT2D eigenvalue weighted by Gasteiger charge is -2.23. The van der Waals surface area contributed by atoms with Crippen LogP contribution >= 0.6 is 0 Å². The number of nitrogens with one attached hydrogen (secondary N) is 1. The summed E-state index contributed by atoms with van der Waals surface area (Å²) in [5, 5.41) is 4.53. The van der Waals surface area contributed by atoms with E-state index in [9.17, 15) is 0 Å². The zero-order valence-electron chi connectivity index (χ0n) is 31.1. The van der Waals surface area contributed by atoms with Gasteiger partial charge in [0, 0.05) is 73.4 Å². The average molecular weight is 715 g/mol. The Labute approximate surface area is 310 Å². The number of para-hydroxylation sites is 1. The minimum absolute atomic E-state index is 0.380. The molecule has 2 aromatic heterocycles. The lowest BCUT2D eigenvalue weighted by atomic mass is 9.98. The van der Waals surface area contributed by atoms with E-state index in [1.165, 1.54) is 0 Å². The van der Waals surface area contributed by atoms with E-state index >= 15 is 0 Å². The van der Waals surface area contributed by atoms with Crippen LogP contribution in [0, 0.1) is 0 Å². The van der Waals surface area contributed by atoms with Gasteiger partial charge in [-0.1, -0.05) is 36.4 Å². The predicted molar refractivity (Wildman–Crippen MR) is 209 cm³/mol. The van der Waals surface area contributed by atoms with Gasteiger partial charge in [0.25, 0.3) is 0 Å². The number of anilines is 3. The number of methoxy groups -OCH3 is 2. The molecule has 0 amide bonds. The zero-order valence-corrected chi connectivity index (χ0v) is 31.1. The van der Waals surface area contributed by atoms with Gasteiger partial charge < -0.3 is 43.4 Å². The van der Waals surface area contributed by atoms with Gasteiger partial charge in [-0.15, -0.1) is 0 Å². The molecule has 1 aliphatic rings. The second-order valence-electron chi connectivity index (χ2n) is 13.3. The highest BCUT2D eigenvalue weighted by Gasteiger charge is 2.25. The van der Waals surface area contributed by atoms with Gasteiger partial charge in [-0.3, -0.25) is 0 Å². The van der Waals surface area contributed by atoms with Crippen molar-refractivity contribution in [3.63, 3.8) is 0 Å². The summed E-state index contributed by atoms with van der Waals surface area (Å²) >= 11 is 0. The van der Waals surface area contributed by atoms with Crippen LogP contribution in [0.4, 0.5) is 17.3 Å². The van der Waals surface area contributed by atoms with Crippen molar-refractivity contribution >= 4 is 28.2 Å². The van der Waals surface area contributed by atoms with Crippen LogP contribution < -0.4 is 24.4 Å². The van der Waals surface area contributed by atoms with Crippen molar-refractivity contribution < 1.29 is 23.7 Å². The molecule has 1 N–H and O–H groups in total. The lowest BCUT2D eigenvalue weighted by Crippen LogP contribution is -2.28. The fraction of sp³-hybridized carbons (Fsp3) is 0.286. The van der Waals surface area contributed by atoms with Crippen LogP contribution in [0.5, 0.6) is 17.2 Å². The smallest absolute Gasteiger partial charge is 0.227 e. The first-order valence-electron chi connectivity index (χ1n) is 17.7. The Morgan fingerprint density at radius 1 is 0.849 bits per heavy atom. The normalized spacial score (nSPS) is 13.1. The average Bonchev–Trinajstić information content (AvgIpc) is 3.85. The van der Waals surface area contributed by atoms with Crippen LogP contribution in [0.2, 0.25) is 0 Å². The summed E-state index contributed by atoms with van der Waals surface area (Å²) in [6.45, 7) is 3.23. The molecule has 0 radical (unpaired) electrons. The lowest BCUT2D eigenvalue weighted by molar-refractivity contribution is -0.0458. The maximum atomic E-state index is 6.37. The Hall–Kier alpha value is -5.62. The quantitative estimate of drug-likeness (QED) is 0.121. The minimum atomic E-state index is -0.555. The molecule has 3 heterocycles. The number of benzene rings is 4. The van der Waals surface area contributed by atoms with Crippen LogP contribution in [0.1, 0.15) is 17.4 Å². The number of rotatable bonds is 14. The molecule has 274 valence electrons. The number of aromatic nitrogens is 3. The van der Waals surface area contributed by atoms with Gasteiger partial charge in [0.2, 0.25) is 5.95 Å². The summed E-state index contributed by atoms with van der Waals surface area (Å²) in [5.41, 5.74) is 8.30. The Bertz CT molecular complexity index is 2180. The number of ether oxygens (including phenoxy) is 5. The molecule has 53 heavy (non-hydrogen) atoms. The second kappa shape index (κ2) is 16.0. The maximum Gasteiger partial charge on any atom is 0.227 e. The SMILES string of the molecule is COc1ccc(COc2ccc(-c3cnc(Nc4ccc(N(C)CCN(C)C)cc4OC)nc3-c3cn(C)c4ccccc34)cc2C2OCCO2)cc1. The van der Waals surface area contributed by atoms with E-state index in [1.807, 2.05) is 60.8 Å². The van der Waals surface area contributed by atoms with Gasteiger partial charge in [0.05, 0.1) is 44.4 Å². The van der Waals surface area contributed by atoms with E-state index in [0.29, 0.717) is 37.3 Å². The molecular formula is C42H46N6O5. The highest BCUT2D eigenvalue weighted by molar-refractivity contribution is 5.99. The minimum Gasteiger partial charge on any atom is -0.497 e. The molecular weight excluding hydrogens is 668 g/mol. The molecule has 1 fully saturated rings. The van der Waals surface area contributed by atoms with Crippen molar-refractivity contribution in [2.75, 3.05) is 71.9 Å². The molecule has 7 rings (SSSR count). The van der Waals surface area contributed by atoms with E-state index in [-0.39, 0.29) is 0 Å². The topological polar surface area (TPSA) is 95.4 Å². The van der Waals surface area contributed by atoms with E-state index < -0.39 is 6.29 Å². The Balaban J connectivity index is 1.26. The summed E-state index contributed by atoms with van der Waals surface area (Å²) in [6.07, 6.45) is 3.44. The van der Waals surface area contributed by atoms with Crippen LogP contribution in [-0.4, -0.2) is 81.1 Å². The first kappa shape index (κ1) is 35.8. The summed E-state index contributed by atoms with van der Waals surface area (Å²) in [5.74, 6) is 2.63. The van der Waals surface area contributed by atoms with Crippen molar-refractivity contribution in [3.05, 3.63) is 108 Å². The fourth-order valence-electron chi connectivity index (χ4n) is 6.46. The molecule has 0 spiro atoms. The fourth-order valence-corrected chi connectivity index (χ4v) is 6.46. The van der Waals surface area contributed by atoms with Gasteiger partial charge in [-0.25, -0.2) is 9.97 Å². The molecule has 11 heteroatoms. The van der Waals surface area contributed by atoms with Crippen molar-refractivity contribution in [2.24, 2.45) is 7.05 Å². The molecule has 11 nitrogen and oxygen atoms in total. The highest BCUT2D eigenvalue weighted by Crippen LogP contribution is 2.41. The van der Waals surface area contributed by atoms with Crippen LogP contribution in [0.15, 0.2) is 97.3 Å². The monoisotopic (exact) mass is 714 g/mol. The predicted octanol–water partition coefficient (Wildman–Crippen LogP) is 7.69. The molecule has 6 aromatic rings. The third kappa shape index (κ3) is 7.92. The Morgan fingerprint density at radius 2 is 1.64 bits per heavy atom. The number of fused-ring (bicyclic) bond motifs is 1.